The van der Waals surface area contributed by atoms with Gasteiger partial charge in [0.05, 0.1) is 18.7 Å². The normalized spacial score (nSPS) is 10.6. The predicted molar refractivity (Wildman–Crippen MR) is 113 cm³/mol. The molecule has 0 spiro atoms. The van der Waals surface area contributed by atoms with Crippen molar-refractivity contribution in [1.29, 1.82) is 0 Å². The first-order valence-electron chi connectivity index (χ1n) is 9.04. The van der Waals surface area contributed by atoms with Crippen LogP contribution < -0.4 is 4.90 Å². The summed E-state index contributed by atoms with van der Waals surface area (Å²) in [5, 5.41) is 2.86. The Kier molecular flexibility index (Phi) is 5.54. The van der Waals surface area contributed by atoms with Crippen molar-refractivity contribution < 1.29 is 4.79 Å². The molecule has 2 aromatic heterocycles. The third kappa shape index (κ3) is 4.32. The fourth-order valence-electron chi connectivity index (χ4n) is 2.96. The topological polar surface area (TPSA) is 46.1 Å². The van der Waals surface area contributed by atoms with E-state index < -0.39 is 0 Å². The van der Waals surface area contributed by atoms with Crippen LogP contribution in [0.25, 0.3) is 10.6 Å². The molecule has 0 aliphatic carbocycles. The molecule has 0 atom stereocenters. The summed E-state index contributed by atoms with van der Waals surface area (Å²) in [5.74, 6) is 0.0293. The number of hydrogen-bond donors (Lipinski definition) is 0. The zero-order valence-corrected chi connectivity index (χ0v) is 16.0. The van der Waals surface area contributed by atoms with E-state index in [9.17, 15) is 4.79 Å². The van der Waals surface area contributed by atoms with Gasteiger partial charge in [0.25, 0.3) is 0 Å². The van der Waals surface area contributed by atoms with Crippen molar-refractivity contribution in [1.82, 2.24) is 9.97 Å². The van der Waals surface area contributed by atoms with Crippen LogP contribution in [0, 0.1) is 0 Å². The second-order valence-electron chi connectivity index (χ2n) is 6.36. The lowest BCUT2D eigenvalue weighted by molar-refractivity contribution is -0.118. The monoisotopic (exact) mass is 385 g/mol. The molecule has 138 valence electrons. The van der Waals surface area contributed by atoms with Gasteiger partial charge in [-0.1, -0.05) is 48.5 Å². The summed E-state index contributed by atoms with van der Waals surface area (Å²) in [6.45, 7) is 0.533. The second kappa shape index (κ2) is 8.59. The fraction of sp³-hybridized carbons (Fsp3) is 0.0870. The molecule has 0 radical (unpaired) electrons. The summed E-state index contributed by atoms with van der Waals surface area (Å²) in [7, 11) is 0. The minimum atomic E-state index is 0.0293. The Hall–Kier alpha value is -3.31. The maximum atomic E-state index is 13.1. The number of thiazole rings is 1. The molecule has 0 fully saturated rings. The minimum absolute atomic E-state index is 0.0293. The van der Waals surface area contributed by atoms with Crippen LogP contribution in [0.15, 0.2) is 90.6 Å². The number of pyridine rings is 1. The molecule has 5 heteroatoms. The van der Waals surface area contributed by atoms with Crippen LogP contribution in [0.1, 0.15) is 11.3 Å². The number of benzene rings is 2. The van der Waals surface area contributed by atoms with E-state index in [1.165, 1.54) is 0 Å². The molecular formula is C23H19N3OS. The van der Waals surface area contributed by atoms with E-state index in [0.29, 0.717) is 6.54 Å². The van der Waals surface area contributed by atoms with E-state index in [1.807, 2.05) is 83.1 Å². The van der Waals surface area contributed by atoms with Gasteiger partial charge in [0.1, 0.15) is 5.01 Å². The molecule has 0 unspecified atom stereocenters. The molecule has 4 aromatic rings. The van der Waals surface area contributed by atoms with Crippen molar-refractivity contribution >= 4 is 22.9 Å². The summed E-state index contributed by atoms with van der Waals surface area (Å²) in [5.41, 5.74) is 3.79. The van der Waals surface area contributed by atoms with Crippen molar-refractivity contribution in [2.75, 3.05) is 4.90 Å². The van der Waals surface area contributed by atoms with Gasteiger partial charge in [-0.25, -0.2) is 4.98 Å². The molecule has 2 heterocycles. The summed E-state index contributed by atoms with van der Waals surface area (Å²) in [4.78, 5) is 23.6. The number of para-hydroxylation sites is 1. The van der Waals surface area contributed by atoms with E-state index in [4.69, 9.17) is 0 Å². The van der Waals surface area contributed by atoms with Crippen LogP contribution in [0.2, 0.25) is 0 Å². The summed E-state index contributed by atoms with van der Waals surface area (Å²) >= 11 is 1.55. The number of hydrogen-bond acceptors (Lipinski definition) is 4. The summed E-state index contributed by atoms with van der Waals surface area (Å²) in [6, 6.07) is 23.7. The van der Waals surface area contributed by atoms with E-state index >= 15 is 0 Å². The lowest BCUT2D eigenvalue weighted by atomic mass is 10.1. The molecule has 28 heavy (non-hydrogen) atoms. The Bertz CT molecular complexity index is 1030. The molecule has 0 saturated heterocycles. The minimum Gasteiger partial charge on any atom is -0.308 e. The molecule has 0 N–H and O–H groups in total. The van der Waals surface area contributed by atoms with Gasteiger partial charge < -0.3 is 4.90 Å². The SMILES string of the molecule is O=C(Cc1csc(-c2ccncc2)n1)N(Cc1ccccc1)c1ccccc1. The third-order valence-electron chi connectivity index (χ3n) is 4.36. The van der Waals surface area contributed by atoms with E-state index in [-0.39, 0.29) is 12.3 Å². The van der Waals surface area contributed by atoms with Gasteiger partial charge in [0.15, 0.2) is 0 Å². The zero-order chi connectivity index (χ0) is 19.2. The number of anilines is 1. The molecule has 0 aliphatic rings. The lowest BCUT2D eigenvalue weighted by Crippen LogP contribution is -2.31. The Morgan fingerprint density at radius 1 is 0.893 bits per heavy atom. The van der Waals surface area contributed by atoms with E-state index in [0.717, 1.165) is 27.5 Å². The lowest BCUT2D eigenvalue weighted by Gasteiger charge is -2.23. The highest BCUT2D eigenvalue weighted by Crippen LogP contribution is 2.24. The number of carbonyl (C=O) groups is 1. The van der Waals surface area contributed by atoms with Crippen LogP contribution >= 0.6 is 11.3 Å². The first-order chi connectivity index (χ1) is 13.8. The Morgan fingerprint density at radius 3 is 2.29 bits per heavy atom. The summed E-state index contributed by atoms with van der Waals surface area (Å²) < 4.78 is 0. The Morgan fingerprint density at radius 2 is 1.57 bits per heavy atom. The largest absolute Gasteiger partial charge is 0.308 e. The number of carbonyl (C=O) groups excluding carboxylic acids is 1. The molecule has 0 bridgehead atoms. The number of amides is 1. The van der Waals surface area contributed by atoms with Gasteiger partial charge in [0, 0.05) is 29.0 Å². The van der Waals surface area contributed by atoms with Crippen LogP contribution in [0.3, 0.4) is 0 Å². The van der Waals surface area contributed by atoms with Crippen molar-refractivity contribution in [3.63, 3.8) is 0 Å². The fourth-order valence-corrected chi connectivity index (χ4v) is 3.79. The highest BCUT2D eigenvalue weighted by molar-refractivity contribution is 7.13. The maximum absolute atomic E-state index is 13.1. The van der Waals surface area contributed by atoms with Gasteiger partial charge in [-0.15, -0.1) is 11.3 Å². The van der Waals surface area contributed by atoms with Gasteiger partial charge in [-0.05, 0) is 29.8 Å². The first-order valence-corrected chi connectivity index (χ1v) is 9.92. The van der Waals surface area contributed by atoms with Crippen molar-refractivity contribution in [2.45, 2.75) is 13.0 Å². The number of rotatable bonds is 6. The number of aromatic nitrogens is 2. The van der Waals surface area contributed by atoms with Crippen molar-refractivity contribution in [3.8, 4) is 10.6 Å². The molecular weight excluding hydrogens is 366 g/mol. The van der Waals surface area contributed by atoms with Crippen molar-refractivity contribution in [3.05, 3.63) is 102 Å². The average Bonchev–Trinajstić information content (AvgIpc) is 3.22. The maximum Gasteiger partial charge on any atom is 0.233 e. The molecule has 0 aliphatic heterocycles. The van der Waals surface area contributed by atoms with E-state index in [1.54, 1.807) is 23.7 Å². The second-order valence-corrected chi connectivity index (χ2v) is 7.22. The van der Waals surface area contributed by atoms with Crippen LogP contribution in [-0.4, -0.2) is 15.9 Å². The Labute approximate surface area is 168 Å². The standard InChI is InChI=1S/C23H19N3OS/c27-22(15-20-17-28-23(25-20)19-11-13-24-14-12-19)26(21-9-5-2-6-10-21)16-18-7-3-1-4-8-18/h1-14,17H,15-16H2. The van der Waals surface area contributed by atoms with Gasteiger partial charge in [-0.2, -0.15) is 0 Å². The molecule has 0 saturated carbocycles. The average molecular weight is 385 g/mol. The molecule has 4 nitrogen and oxygen atoms in total. The number of nitrogens with zero attached hydrogens (tertiary/aromatic N) is 3. The molecule has 2 aromatic carbocycles. The smallest absolute Gasteiger partial charge is 0.233 e. The zero-order valence-electron chi connectivity index (χ0n) is 15.2. The first kappa shape index (κ1) is 18.1. The Balaban J connectivity index is 1.55. The van der Waals surface area contributed by atoms with E-state index in [2.05, 4.69) is 9.97 Å². The summed E-state index contributed by atoms with van der Waals surface area (Å²) in [6.07, 6.45) is 3.76. The third-order valence-corrected chi connectivity index (χ3v) is 5.30. The predicted octanol–water partition coefficient (Wildman–Crippen LogP) is 4.98. The molecule has 1 amide bonds. The molecule has 4 rings (SSSR count). The van der Waals surface area contributed by atoms with Crippen LogP contribution in [0.5, 0.6) is 0 Å². The van der Waals surface area contributed by atoms with Crippen molar-refractivity contribution in [2.24, 2.45) is 0 Å². The quantitative estimate of drug-likeness (QED) is 0.470. The van der Waals surface area contributed by atoms with Crippen LogP contribution in [-0.2, 0) is 17.8 Å². The van der Waals surface area contributed by atoms with Gasteiger partial charge in [0.2, 0.25) is 5.91 Å². The van der Waals surface area contributed by atoms with Gasteiger partial charge in [-0.3, -0.25) is 9.78 Å². The highest BCUT2D eigenvalue weighted by atomic mass is 32.1. The van der Waals surface area contributed by atoms with Crippen LogP contribution in [0.4, 0.5) is 5.69 Å². The van der Waals surface area contributed by atoms with Gasteiger partial charge >= 0.3 is 0 Å². The highest BCUT2D eigenvalue weighted by Gasteiger charge is 2.18.